The molecular formula is C6H3BrN2OS. The van der Waals surface area contributed by atoms with E-state index in [1.165, 1.54) is 17.7 Å². The van der Waals surface area contributed by atoms with Gasteiger partial charge in [-0.25, -0.2) is 4.98 Å². The van der Waals surface area contributed by atoms with Crippen LogP contribution in [0.5, 0.6) is 0 Å². The van der Waals surface area contributed by atoms with Gasteiger partial charge in [0.05, 0.1) is 15.6 Å². The Morgan fingerprint density at radius 2 is 2.45 bits per heavy atom. The van der Waals surface area contributed by atoms with Crippen molar-refractivity contribution < 1.29 is 0 Å². The normalized spacial score (nSPS) is 10.6. The maximum Gasteiger partial charge on any atom is 0.268 e. The molecule has 2 aromatic rings. The Balaban J connectivity index is 3.02. The summed E-state index contributed by atoms with van der Waals surface area (Å²) in [6.07, 6.45) is 1.41. The molecule has 0 aromatic carbocycles. The smallest absolute Gasteiger partial charge is 0.268 e. The molecule has 2 heterocycles. The van der Waals surface area contributed by atoms with E-state index in [1.54, 1.807) is 0 Å². The number of rotatable bonds is 0. The second-order valence-electron chi connectivity index (χ2n) is 2.00. The molecule has 0 amide bonds. The highest BCUT2D eigenvalue weighted by Gasteiger charge is 2.02. The van der Waals surface area contributed by atoms with Gasteiger partial charge in [-0.15, -0.1) is 11.3 Å². The number of thiophene rings is 1. The molecular weight excluding hydrogens is 228 g/mol. The van der Waals surface area contributed by atoms with E-state index < -0.39 is 0 Å². The van der Waals surface area contributed by atoms with Crippen LogP contribution in [0, 0.1) is 0 Å². The molecule has 0 saturated heterocycles. The van der Waals surface area contributed by atoms with Gasteiger partial charge in [-0.1, -0.05) is 0 Å². The van der Waals surface area contributed by atoms with E-state index in [9.17, 15) is 4.79 Å². The first kappa shape index (κ1) is 7.00. The number of hydrogen-bond acceptors (Lipinski definition) is 3. The zero-order valence-corrected chi connectivity index (χ0v) is 7.70. The Kier molecular flexibility index (Phi) is 1.54. The van der Waals surface area contributed by atoms with E-state index in [-0.39, 0.29) is 5.56 Å². The van der Waals surface area contributed by atoms with Gasteiger partial charge in [0.25, 0.3) is 5.56 Å². The molecule has 0 aliphatic rings. The highest BCUT2D eigenvalue weighted by atomic mass is 79.9. The first-order valence-electron chi connectivity index (χ1n) is 2.90. The minimum Gasteiger partial charge on any atom is -0.312 e. The summed E-state index contributed by atoms with van der Waals surface area (Å²) in [5, 5.41) is 0. The van der Waals surface area contributed by atoms with Gasteiger partial charge in [0.2, 0.25) is 0 Å². The molecule has 0 atom stereocenters. The van der Waals surface area contributed by atoms with Crippen LogP contribution in [0.25, 0.3) is 10.2 Å². The van der Waals surface area contributed by atoms with Gasteiger partial charge in [0, 0.05) is 0 Å². The molecule has 0 aliphatic heterocycles. The second kappa shape index (κ2) is 2.42. The average molecular weight is 231 g/mol. The molecule has 0 aliphatic carbocycles. The Labute approximate surface area is 74.2 Å². The van der Waals surface area contributed by atoms with Gasteiger partial charge in [-0.05, 0) is 22.0 Å². The van der Waals surface area contributed by atoms with E-state index in [0.29, 0.717) is 4.70 Å². The van der Waals surface area contributed by atoms with E-state index in [1.807, 2.05) is 6.07 Å². The van der Waals surface area contributed by atoms with Gasteiger partial charge < -0.3 is 4.98 Å². The van der Waals surface area contributed by atoms with E-state index in [2.05, 4.69) is 25.9 Å². The van der Waals surface area contributed by atoms with Gasteiger partial charge in [0.15, 0.2) is 0 Å². The first-order chi connectivity index (χ1) is 5.27. The lowest BCUT2D eigenvalue weighted by Gasteiger charge is -1.82. The van der Waals surface area contributed by atoms with Crippen LogP contribution in [0.2, 0.25) is 0 Å². The fourth-order valence-electron chi connectivity index (χ4n) is 0.837. The van der Waals surface area contributed by atoms with Crippen molar-refractivity contribution in [3.8, 4) is 0 Å². The van der Waals surface area contributed by atoms with Crippen LogP contribution in [0.3, 0.4) is 0 Å². The van der Waals surface area contributed by atoms with Crippen LogP contribution < -0.4 is 5.56 Å². The van der Waals surface area contributed by atoms with Crippen molar-refractivity contribution in [2.75, 3.05) is 0 Å². The number of hydrogen-bond donors (Lipinski definition) is 1. The van der Waals surface area contributed by atoms with Gasteiger partial charge in [0.1, 0.15) is 4.70 Å². The standard InChI is InChI=1S/C6H3BrN2OS/c7-4-1-3-5(11-4)6(10)9-2-8-3/h1-2H,(H,8,9,10). The lowest BCUT2D eigenvalue weighted by Crippen LogP contribution is -2.02. The number of nitrogens with one attached hydrogen (secondary N) is 1. The molecule has 0 saturated carbocycles. The molecule has 0 unspecified atom stereocenters. The fraction of sp³-hybridized carbons (Fsp3) is 0. The van der Waals surface area contributed by atoms with Gasteiger partial charge >= 0.3 is 0 Å². The van der Waals surface area contributed by atoms with Crippen molar-refractivity contribution in [3.05, 3.63) is 26.5 Å². The Bertz CT molecular complexity index is 447. The summed E-state index contributed by atoms with van der Waals surface area (Å²) in [5.41, 5.74) is 0.663. The zero-order chi connectivity index (χ0) is 7.84. The molecule has 5 heteroatoms. The van der Waals surface area contributed by atoms with E-state index >= 15 is 0 Å². The fourth-order valence-corrected chi connectivity index (χ4v) is 2.27. The molecule has 0 fully saturated rings. The lowest BCUT2D eigenvalue weighted by molar-refractivity contribution is 1.18. The maximum absolute atomic E-state index is 11.1. The quantitative estimate of drug-likeness (QED) is 0.750. The summed E-state index contributed by atoms with van der Waals surface area (Å²) in [4.78, 5) is 17.6. The number of aromatic amines is 1. The lowest BCUT2D eigenvalue weighted by atomic mass is 10.5. The topological polar surface area (TPSA) is 45.8 Å². The Hall–Kier alpha value is -0.680. The molecule has 2 aromatic heterocycles. The van der Waals surface area contributed by atoms with Crippen molar-refractivity contribution in [1.82, 2.24) is 9.97 Å². The zero-order valence-electron chi connectivity index (χ0n) is 5.30. The molecule has 11 heavy (non-hydrogen) atoms. The van der Waals surface area contributed by atoms with E-state index in [0.717, 1.165) is 9.30 Å². The summed E-state index contributed by atoms with van der Waals surface area (Å²) < 4.78 is 1.59. The SMILES string of the molecule is O=c1[nH]cnc2cc(Br)sc12. The molecule has 0 bridgehead atoms. The van der Waals surface area contributed by atoms with Crippen LogP contribution >= 0.6 is 27.3 Å². The third-order valence-corrected chi connectivity index (χ3v) is 2.91. The van der Waals surface area contributed by atoms with E-state index in [4.69, 9.17) is 0 Å². The van der Waals surface area contributed by atoms with Crippen LogP contribution in [0.15, 0.2) is 21.0 Å². The Morgan fingerprint density at radius 3 is 3.18 bits per heavy atom. The highest BCUT2D eigenvalue weighted by Crippen LogP contribution is 2.24. The summed E-state index contributed by atoms with van der Waals surface area (Å²) in [6, 6.07) is 1.83. The minimum absolute atomic E-state index is 0.0781. The van der Waals surface area contributed by atoms with Crippen LogP contribution in [-0.4, -0.2) is 9.97 Å². The number of H-pyrrole nitrogens is 1. The summed E-state index contributed by atoms with van der Waals surface area (Å²) >= 11 is 4.67. The number of nitrogens with zero attached hydrogens (tertiary/aromatic N) is 1. The first-order valence-corrected chi connectivity index (χ1v) is 4.51. The van der Waals surface area contributed by atoms with Crippen LogP contribution in [0.4, 0.5) is 0 Å². The predicted octanol–water partition coefficient (Wildman–Crippen LogP) is 1.75. The molecule has 56 valence electrons. The number of halogens is 1. The number of aromatic nitrogens is 2. The van der Waals surface area contributed by atoms with Crippen molar-refractivity contribution in [2.45, 2.75) is 0 Å². The molecule has 0 radical (unpaired) electrons. The highest BCUT2D eigenvalue weighted by molar-refractivity contribution is 9.11. The van der Waals surface area contributed by atoms with Crippen LogP contribution in [-0.2, 0) is 0 Å². The largest absolute Gasteiger partial charge is 0.312 e. The minimum atomic E-state index is -0.0781. The van der Waals surface area contributed by atoms with Crippen LogP contribution in [0.1, 0.15) is 0 Å². The molecule has 0 spiro atoms. The molecule has 1 N–H and O–H groups in total. The molecule has 2 rings (SSSR count). The third-order valence-electron chi connectivity index (χ3n) is 1.29. The molecule has 3 nitrogen and oxygen atoms in total. The van der Waals surface area contributed by atoms with Crippen molar-refractivity contribution in [2.24, 2.45) is 0 Å². The number of fused-ring (bicyclic) bond motifs is 1. The van der Waals surface area contributed by atoms with Gasteiger partial charge in [-0.2, -0.15) is 0 Å². The van der Waals surface area contributed by atoms with Crippen molar-refractivity contribution >= 4 is 37.5 Å². The third kappa shape index (κ3) is 1.10. The summed E-state index contributed by atoms with van der Waals surface area (Å²) in [6.45, 7) is 0. The van der Waals surface area contributed by atoms with Gasteiger partial charge in [-0.3, -0.25) is 4.79 Å². The monoisotopic (exact) mass is 230 g/mol. The average Bonchev–Trinajstić information content (AvgIpc) is 2.31. The second-order valence-corrected chi connectivity index (χ2v) is 4.43. The van der Waals surface area contributed by atoms with Crippen molar-refractivity contribution in [3.63, 3.8) is 0 Å². The van der Waals surface area contributed by atoms with Crippen molar-refractivity contribution in [1.29, 1.82) is 0 Å². The predicted molar refractivity (Wildman–Crippen MR) is 47.9 cm³/mol. The summed E-state index contributed by atoms with van der Waals surface area (Å²) in [5.74, 6) is 0. The maximum atomic E-state index is 11.1. The summed E-state index contributed by atoms with van der Waals surface area (Å²) in [7, 11) is 0. The Morgan fingerprint density at radius 1 is 1.64 bits per heavy atom.